The number of nitrogens with one attached hydrogen (secondary N) is 1. The molecule has 0 unspecified atom stereocenters. The van der Waals surface area contributed by atoms with E-state index in [0.717, 1.165) is 24.8 Å². The van der Waals surface area contributed by atoms with Crippen LogP contribution in [0.5, 0.6) is 0 Å². The molecule has 1 heterocycles. The number of aryl methyl sites for hydroxylation is 2. The van der Waals surface area contributed by atoms with E-state index in [1.165, 1.54) is 15.9 Å². The van der Waals surface area contributed by atoms with Gasteiger partial charge in [0.1, 0.15) is 0 Å². The fourth-order valence-electron chi connectivity index (χ4n) is 3.55. The minimum atomic E-state index is -3.56. The molecular formula is C22H28N2O3S. The molecule has 28 heavy (non-hydrogen) atoms. The lowest BCUT2D eigenvalue weighted by Crippen LogP contribution is -2.30. The van der Waals surface area contributed by atoms with Crippen molar-refractivity contribution in [1.29, 1.82) is 0 Å². The lowest BCUT2D eigenvalue weighted by atomic mass is 10.0. The summed E-state index contributed by atoms with van der Waals surface area (Å²) in [6.07, 6.45) is 2.51. The molecule has 0 saturated carbocycles. The Kier molecular flexibility index (Phi) is 6.20. The SMILES string of the molecule is CC[C@@H](NC(=O)c1ccc(C)c(S(=O)(=O)N2CCCC2)c1)c1ccc(C)cc1. The van der Waals surface area contributed by atoms with E-state index in [1.807, 2.05) is 38.1 Å². The van der Waals surface area contributed by atoms with E-state index in [0.29, 0.717) is 24.2 Å². The van der Waals surface area contributed by atoms with Crippen LogP contribution in [0.15, 0.2) is 47.4 Å². The van der Waals surface area contributed by atoms with Crippen molar-refractivity contribution >= 4 is 15.9 Å². The standard InChI is InChI=1S/C22H28N2O3S/c1-4-20(18-10-7-16(2)8-11-18)23-22(25)19-12-9-17(3)21(15-19)28(26,27)24-13-5-6-14-24/h7-12,15,20H,4-6,13-14H2,1-3H3,(H,23,25)/t20-/m1/s1. The zero-order chi connectivity index (χ0) is 20.3. The molecule has 1 aliphatic rings. The van der Waals surface area contributed by atoms with Crippen molar-refractivity contribution in [3.8, 4) is 0 Å². The van der Waals surface area contributed by atoms with Gasteiger partial charge in [0.15, 0.2) is 0 Å². The monoisotopic (exact) mass is 400 g/mol. The van der Waals surface area contributed by atoms with Crippen molar-refractivity contribution < 1.29 is 13.2 Å². The van der Waals surface area contributed by atoms with E-state index < -0.39 is 10.0 Å². The number of carbonyl (C=O) groups is 1. The van der Waals surface area contributed by atoms with Gasteiger partial charge in [0.25, 0.3) is 5.91 Å². The molecule has 0 aromatic heterocycles. The summed E-state index contributed by atoms with van der Waals surface area (Å²) in [5.41, 5.74) is 3.24. The molecule has 0 bridgehead atoms. The molecule has 1 N–H and O–H groups in total. The third-order valence-electron chi connectivity index (χ3n) is 5.33. The predicted octanol–water partition coefficient (Wildman–Crippen LogP) is 3.97. The number of hydrogen-bond acceptors (Lipinski definition) is 3. The predicted molar refractivity (Wildman–Crippen MR) is 111 cm³/mol. The topological polar surface area (TPSA) is 66.5 Å². The molecule has 150 valence electrons. The molecule has 0 radical (unpaired) electrons. The smallest absolute Gasteiger partial charge is 0.251 e. The number of rotatable bonds is 6. The Morgan fingerprint density at radius 3 is 2.32 bits per heavy atom. The second-order valence-corrected chi connectivity index (χ2v) is 9.34. The highest BCUT2D eigenvalue weighted by molar-refractivity contribution is 7.89. The van der Waals surface area contributed by atoms with Gasteiger partial charge in [-0.2, -0.15) is 4.31 Å². The molecule has 1 amide bonds. The van der Waals surface area contributed by atoms with Crippen LogP contribution in [0.25, 0.3) is 0 Å². The fraction of sp³-hybridized carbons (Fsp3) is 0.409. The quantitative estimate of drug-likeness (QED) is 0.798. The van der Waals surface area contributed by atoms with Gasteiger partial charge in [-0.1, -0.05) is 42.8 Å². The lowest BCUT2D eigenvalue weighted by molar-refractivity contribution is 0.0935. The Hall–Kier alpha value is -2.18. The first-order valence-electron chi connectivity index (χ1n) is 9.81. The molecule has 1 saturated heterocycles. The summed E-state index contributed by atoms with van der Waals surface area (Å²) >= 11 is 0. The number of sulfonamides is 1. The first-order chi connectivity index (χ1) is 13.3. The second kappa shape index (κ2) is 8.45. The van der Waals surface area contributed by atoms with Gasteiger partial charge in [0.05, 0.1) is 10.9 Å². The second-order valence-electron chi connectivity index (χ2n) is 7.44. The van der Waals surface area contributed by atoms with Crippen molar-refractivity contribution in [3.05, 3.63) is 64.7 Å². The van der Waals surface area contributed by atoms with Gasteiger partial charge >= 0.3 is 0 Å². The Morgan fingerprint density at radius 2 is 1.71 bits per heavy atom. The van der Waals surface area contributed by atoms with Crippen LogP contribution in [-0.4, -0.2) is 31.7 Å². The number of hydrogen-bond donors (Lipinski definition) is 1. The van der Waals surface area contributed by atoms with E-state index in [9.17, 15) is 13.2 Å². The molecule has 2 aromatic rings. The molecule has 6 heteroatoms. The van der Waals surface area contributed by atoms with Crippen LogP contribution in [0.4, 0.5) is 0 Å². The first kappa shape index (κ1) is 20.6. The van der Waals surface area contributed by atoms with Gasteiger partial charge in [-0.05, 0) is 56.4 Å². The summed E-state index contributed by atoms with van der Waals surface area (Å²) in [5, 5.41) is 3.04. The molecule has 1 fully saturated rings. The summed E-state index contributed by atoms with van der Waals surface area (Å²) in [6, 6.07) is 12.9. The van der Waals surface area contributed by atoms with Crippen molar-refractivity contribution in [2.45, 2.75) is 51.0 Å². The largest absolute Gasteiger partial charge is 0.345 e. The highest BCUT2D eigenvalue weighted by Crippen LogP contribution is 2.25. The van der Waals surface area contributed by atoms with E-state index in [1.54, 1.807) is 19.1 Å². The highest BCUT2D eigenvalue weighted by atomic mass is 32.2. The van der Waals surface area contributed by atoms with Crippen molar-refractivity contribution in [2.75, 3.05) is 13.1 Å². The van der Waals surface area contributed by atoms with E-state index in [2.05, 4.69) is 5.32 Å². The average Bonchev–Trinajstić information content (AvgIpc) is 3.22. The van der Waals surface area contributed by atoms with Crippen LogP contribution in [0, 0.1) is 13.8 Å². The zero-order valence-electron chi connectivity index (χ0n) is 16.7. The lowest BCUT2D eigenvalue weighted by Gasteiger charge is -2.20. The Morgan fingerprint density at radius 1 is 1.07 bits per heavy atom. The van der Waals surface area contributed by atoms with Crippen molar-refractivity contribution in [3.63, 3.8) is 0 Å². The van der Waals surface area contributed by atoms with Gasteiger partial charge in [-0.25, -0.2) is 8.42 Å². The van der Waals surface area contributed by atoms with Crippen molar-refractivity contribution in [1.82, 2.24) is 9.62 Å². The molecule has 1 atom stereocenters. The van der Waals surface area contributed by atoms with Crippen molar-refractivity contribution in [2.24, 2.45) is 0 Å². The number of amides is 1. The summed E-state index contributed by atoms with van der Waals surface area (Å²) in [4.78, 5) is 13.1. The molecule has 0 spiro atoms. The zero-order valence-corrected chi connectivity index (χ0v) is 17.6. The van der Waals surface area contributed by atoms with E-state index in [4.69, 9.17) is 0 Å². The minimum absolute atomic E-state index is 0.118. The van der Waals surface area contributed by atoms with Crippen LogP contribution < -0.4 is 5.32 Å². The third kappa shape index (κ3) is 4.28. The maximum atomic E-state index is 13.0. The van der Waals surface area contributed by atoms with Crippen LogP contribution in [-0.2, 0) is 10.0 Å². The number of nitrogens with zero attached hydrogens (tertiary/aromatic N) is 1. The first-order valence-corrected chi connectivity index (χ1v) is 11.2. The number of carbonyl (C=O) groups excluding carboxylic acids is 1. The van der Waals surface area contributed by atoms with Gasteiger partial charge in [-0.15, -0.1) is 0 Å². The molecule has 3 rings (SSSR count). The molecule has 2 aromatic carbocycles. The molecule has 1 aliphatic heterocycles. The van der Waals surface area contributed by atoms with Crippen LogP contribution >= 0.6 is 0 Å². The van der Waals surface area contributed by atoms with Crippen LogP contribution in [0.3, 0.4) is 0 Å². The molecule has 5 nitrogen and oxygen atoms in total. The maximum absolute atomic E-state index is 13.0. The Labute approximate surface area is 167 Å². The summed E-state index contributed by atoms with van der Waals surface area (Å²) < 4.78 is 27.4. The average molecular weight is 401 g/mol. The molecular weight excluding hydrogens is 372 g/mol. The fourth-order valence-corrected chi connectivity index (χ4v) is 5.32. The maximum Gasteiger partial charge on any atom is 0.251 e. The van der Waals surface area contributed by atoms with Gasteiger partial charge < -0.3 is 5.32 Å². The van der Waals surface area contributed by atoms with E-state index >= 15 is 0 Å². The minimum Gasteiger partial charge on any atom is -0.345 e. The normalized spacial score (nSPS) is 16.1. The molecule has 0 aliphatic carbocycles. The summed E-state index contributed by atoms with van der Waals surface area (Å²) in [6.45, 7) is 6.90. The van der Waals surface area contributed by atoms with Gasteiger partial charge in [-0.3, -0.25) is 4.79 Å². The van der Waals surface area contributed by atoms with Gasteiger partial charge in [0.2, 0.25) is 10.0 Å². The van der Waals surface area contributed by atoms with E-state index in [-0.39, 0.29) is 16.8 Å². The summed E-state index contributed by atoms with van der Waals surface area (Å²) in [5.74, 6) is -0.259. The van der Waals surface area contributed by atoms with Crippen LogP contribution in [0.1, 0.15) is 59.3 Å². The summed E-state index contributed by atoms with van der Waals surface area (Å²) in [7, 11) is -3.56. The Balaban J connectivity index is 1.85. The Bertz CT molecular complexity index is 946. The van der Waals surface area contributed by atoms with Crippen LogP contribution in [0.2, 0.25) is 0 Å². The number of benzene rings is 2. The third-order valence-corrected chi connectivity index (χ3v) is 7.37. The van der Waals surface area contributed by atoms with Gasteiger partial charge in [0, 0.05) is 18.7 Å². The highest BCUT2D eigenvalue weighted by Gasteiger charge is 2.29.